The van der Waals surface area contributed by atoms with E-state index in [1.54, 1.807) is 18.4 Å². The third-order valence-electron chi connectivity index (χ3n) is 6.99. The van der Waals surface area contributed by atoms with Gasteiger partial charge in [0.1, 0.15) is 0 Å². The first-order chi connectivity index (χ1) is 13.4. The number of rotatable bonds is 4. The van der Waals surface area contributed by atoms with Crippen LogP contribution in [-0.4, -0.2) is 75.3 Å². The molecule has 0 radical (unpaired) electrons. The van der Waals surface area contributed by atoms with Crippen LogP contribution >= 0.6 is 0 Å². The first-order valence-corrected chi connectivity index (χ1v) is 12.0. The van der Waals surface area contributed by atoms with E-state index in [1.807, 2.05) is 6.07 Å². The van der Waals surface area contributed by atoms with Crippen LogP contribution in [0.15, 0.2) is 24.3 Å². The Hall–Kier alpha value is -0.990. The summed E-state index contributed by atoms with van der Waals surface area (Å²) in [6.07, 6.45) is 4.63. The van der Waals surface area contributed by atoms with E-state index in [2.05, 4.69) is 28.4 Å². The van der Waals surface area contributed by atoms with E-state index in [9.17, 15) is 8.42 Å². The molecule has 3 aliphatic rings. The minimum Gasteiger partial charge on any atom is -0.317 e. The molecular weight excluding hydrogens is 372 g/mol. The van der Waals surface area contributed by atoms with Gasteiger partial charge in [0.05, 0.1) is 0 Å². The van der Waals surface area contributed by atoms with Gasteiger partial charge in [-0.25, -0.2) is 0 Å². The maximum atomic E-state index is 12.9. The quantitative estimate of drug-likeness (QED) is 0.826. The third-order valence-corrected chi connectivity index (χ3v) is 8.82. The summed E-state index contributed by atoms with van der Waals surface area (Å²) in [6, 6.07) is 8.48. The second kappa shape index (κ2) is 8.03. The lowest BCUT2D eigenvalue weighted by Gasteiger charge is -2.49. The van der Waals surface area contributed by atoms with E-state index < -0.39 is 10.2 Å². The molecule has 0 bridgehead atoms. The van der Waals surface area contributed by atoms with Gasteiger partial charge in [-0.15, -0.1) is 0 Å². The van der Waals surface area contributed by atoms with Gasteiger partial charge in [-0.2, -0.15) is 17.0 Å². The van der Waals surface area contributed by atoms with Crippen molar-refractivity contribution in [3.63, 3.8) is 0 Å². The van der Waals surface area contributed by atoms with Crippen molar-refractivity contribution in [2.45, 2.75) is 37.6 Å². The zero-order valence-electron chi connectivity index (χ0n) is 17.2. The molecule has 0 saturated carbocycles. The van der Waals surface area contributed by atoms with Crippen molar-refractivity contribution in [3.8, 4) is 0 Å². The molecule has 0 aliphatic carbocycles. The number of likely N-dealkylation sites (tertiary alicyclic amines) is 1. The number of nitrogens with one attached hydrogen (secondary N) is 1. The number of nitrogens with zero attached hydrogens (tertiary/aromatic N) is 3. The van der Waals surface area contributed by atoms with Crippen molar-refractivity contribution >= 4 is 10.2 Å². The predicted molar refractivity (Wildman–Crippen MR) is 112 cm³/mol. The van der Waals surface area contributed by atoms with Crippen molar-refractivity contribution < 1.29 is 8.42 Å². The number of piperidine rings is 2. The Labute approximate surface area is 170 Å². The topological polar surface area (TPSA) is 55.9 Å². The lowest BCUT2D eigenvalue weighted by Crippen LogP contribution is -2.55. The largest absolute Gasteiger partial charge is 0.317 e. The fourth-order valence-corrected chi connectivity index (χ4v) is 6.43. The van der Waals surface area contributed by atoms with Gasteiger partial charge in [0.25, 0.3) is 10.2 Å². The maximum Gasteiger partial charge on any atom is 0.281 e. The molecule has 7 heteroatoms. The molecule has 3 aliphatic heterocycles. The third kappa shape index (κ3) is 3.87. The van der Waals surface area contributed by atoms with E-state index in [1.165, 1.54) is 34.8 Å². The van der Waals surface area contributed by atoms with Crippen LogP contribution in [-0.2, 0) is 22.2 Å². The Morgan fingerprint density at radius 3 is 2.50 bits per heavy atom. The Kier molecular flexibility index (Phi) is 5.82. The summed E-state index contributed by atoms with van der Waals surface area (Å²) in [7, 11) is -0.150. The van der Waals surface area contributed by atoms with Gasteiger partial charge in [-0.05, 0) is 68.9 Å². The van der Waals surface area contributed by atoms with Crippen LogP contribution in [0.1, 0.15) is 36.8 Å². The lowest BCUT2D eigenvalue weighted by molar-refractivity contribution is 0.108. The van der Waals surface area contributed by atoms with Crippen LogP contribution in [0.3, 0.4) is 0 Å². The summed E-state index contributed by atoms with van der Waals surface area (Å²) in [5.41, 5.74) is 2.50. The van der Waals surface area contributed by atoms with Crippen molar-refractivity contribution in [1.82, 2.24) is 18.8 Å². The molecule has 0 unspecified atom stereocenters. The second-order valence-corrected chi connectivity index (χ2v) is 11.1. The van der Waals surface area contributed by atoms with Gasteiger partial charge >= 0.3 is 0 Å². The van der Waals surface area contributed by atoms with Crippen molar-refractivity contribution in [3.05, 3.63) is 35.4 Å². The minimum atomic E-state index is -3.41. The molecule has 1 N–H and O–H groups in total. The molecule has 2 fully saturated rings. The fourth-order valence-electron chi connectivity index (χ4n) is 5.26. The highest BCUT2D eigenvalue weighted by Crippen LogP contribution is 2.42. The average Bonchev–Trinajstić information content (AvgIpc) is 2.70. The molecule has 0 aromatic heterocycles. The molecule has 2 saturated heterocycles. The number of hydrogen-bond acceptors (Lipinski definition) is 4. The van der Waals surface area contributed by atoms with Crippen LogP contribution in [0.5, 0.6) is 0 Å². The Bertz CT molecular complexity index is 781. The summed E-state index contributed by atoms with van der Waals surface area (Å²) in [5.74, 6) is 0.805. The molecule has 1 aromatic carbocycles. The van der Waals surface area contributed by atoms with Crippen molar-refractivity contribution in [2.24, 2.45) is 5.92 Å². The van der Waals surface area contributed by atoms with E-state index >= 15 is 0 Å². The van der Waals surface area contributed by atoms with Crippen LogP contribution in [0, 0.1) is 5.92 Å². The van der Waals surface area contributed by atoms with Gasteiger partial charge in [-0.3, -0.25) is 0 Å². The molecule has 1 aromatic rings. The summed E-state index contributed by atoms with van der Waals surface area (Å²) in [4.78, 5) is 2.61. The minimum absolute atomic E-state index is 0.0530. The first kappa shape index (κ1) is 20.3. The van der Waals surface area contributed by atoms with E-state index in [0.717, 1.165) is 44.9 Å². The molecule has 3 heterocycles. The summed E-state index contributed by atoms with van der Waals surface area (Å²) in [6.45, 7) is 6.70. The number of benzene rings is 1. The average molecular weight is 407 g/mol. The second-order valence-electron chi connectivity index (χ2n) is 8.99. The van der Waals surface area contributed by atoms with E-state index in [4.69, 9.17) is 0 Å². The van der Waals surface area contributed by atoms with Gasteiger partial charge in [0.2, 0.25) is 0 Å². The number of hydrogen-bond donors (Lipinski definition) is 1. The van der Waals surface area contributed by atoms with Crippen molar-refractivity contribution in [2.75, 3.05) is 53.4 Å². The van der Waals surface area contributed by atoms with Gasteiger partial charge in [-0.1, -0.05) is 24.3 Å². The predicted octanol–water partition coefficient (Wildman–Crippen LogP) is 1.64. The smallest absolute Gasteiger partial charge is 0.281 e. The van der Waals surface area contributed by atoms with Crippen molar-refractivity contribution in [1.29, 1.82) is 0 Å². The van der Waals surface area contributed by atoms with Crippen LogP contribution in [0.2, 0.25) is 0 Å². The monoisotopic (exact) mass is 406 g/mol. The van der Waals surface area contributed by atoms with Gasteiger partial charge in [0, 0.05) is 39.1 Å². The Morgan fingerprint density at radius 2 is 1.82 bits per heavy atom. The molecule has 1 spiro atoms. The highest BCUT2D eigenvalue weighted by molar-refractivity contribution is 7.86. The van der Waals surface area contributed by atoms with Crippen LogP contribution < -0.4 is 5.32 Å². The summed E-state index contributed by atoms with van der Waals surface area (Å²) in [5, 5.41) is 3.45. The molecule has 28 heavy (non-hydrogen) atoms. The SMILES string of the molecule is CN(C)S(=O)(=O)N1Cc2ccccc2C2(CCN(CC3CCNCC3)CC2)C1. The van der Waals surface area contributed by atoms with Crippen LogP contribution in [0.4, 0.5) is 0 Å². The van der Waals surface area contributed by atoms with Gasteiger partial charge < -0.3 is 10.2 Å². The zero-order chi connectivity index (χ0) is 19.8. The maximum absolute atomic E-state index is 12.9. The fraction of sp³-hybridized carbons (Fsp3) is 0.714. The Morgan fingerprint density at radius 1 is 1.14 bits per heavy atom. The first-order valence-electron chi connectivity index (χ1n) is 10.6. The summed E-state index contributed by atoms with van der Waals surface area (Å²) >= 11 is 0. The zero-order valence-corrected chi connectivity index (χ0v) is 18.0. The lowest BCUT2D eigenvalue weighted by atomic mass is 9.69. The number of fused-ring (bicyclic) bond motifs is 2. The molecule has 0 amide bonds. The molecule has 0 atom stereocenters. The molecule has 6 nitrogen and oxygen atoms in total. The normalized spacial score (nSPS) is 24.5. The summed E-state index contributed by atoms with van der Waals surface area (Å²) < 4.78 is 28.8. The van der Waals surface area contributed by atoms with Gasteiger partial charge in [0.15, 0.2) is 0 Å². The van der Waals surface area contributed by atoms with E-state index in [0.29, 0.717) is 13.1 Å². The molecule has 4 rings (SSSR count). The molecular formula is C21H34N4O2S. The van der Waals surface area contributed by atoms with E-state index in [-0.39, 0.29) is 5.41 Å². The standard InChI is InChI=1S/C21H34N4O2S/c1-23(2)28(26,27)25-16-19-5-3-4-6-20(19)21(17-25)9-13-24(14-10-21)15-18-7-11-22-12-8-18/h3-6,18,22H,7-17H2,1-2H3. The highest BCUT2D eigenvalue weighted by atomic mass is 32.2. The van der Waals surface area contributed by atoms with Crippen LogP contribution in [0.25, 0.3) is 0 Å². The Balaban J connectivity index is 1.52. The highest BCUT2D eigenvalue weighted by Gasteiger charge is 2.45. The molecule has 156 valence electrons.